The van der Waals surface area contributed by atoms with Crippen LogP contribution in [0.25, 0.3) is 0 Å². The van der Waals surface area contributed by atoms with Crippen molar-refractivity contribution in [3.63, 3.8) is 0 Å². The average Bonchev–Trinajstić information content (AvgIpc) is 2.56. The second-order valence-corrected chi connectivity index (χ2v) is 2.63. The van der Waals surface area contributed by atoms with Crippen LogP contribution in [-0.2, 0) is 16.0 Å². The molecule has 0 bridgehead atoms. The number of benzene rings is 1. The minimum atomic E-state index is -0.959. The van der Waals surface area contributed by atoms with Gasteiger partial charge in [0.15, 0.2) is 0 Å². The first-order chi connectivity index (χ1) is 9.70. The van der Waals surface area contributed by atoms with Gasteiger partial charge in [-0.2, -0.15) is 0 Å². The number of rotatable bonds is 3. The highest BCUT2D eigenvalue weighted by Crippen LogP contribution is 2.01. The van der Waals surface area contributed by atoms with Crippen molar-refractivity contribution in [3.05, 3.63) is 35.9 Å². The van der Waals surface area contributed by atoms with Gasteiger partial charge >= 0.3 is 5.97 Å². The molecule has 0 fully saturated rings. The number of carbonyl (C=O) groups excluding carboxylic acids is 1. The first-order valence-corrected chi connectivity index (χ1v) is 6.46. The molecule has 4 N–H and O–H groups in total. The van der Waals surface area contributed by atoms with Crippen molar-refractivity contribution in [2.45, 2.75) is 40.2 Å². The summed E-state index contributed by atoms with van der Waals surface area (Å²) in [5.41, 5.74) is 6.30. The van der Waals surface area contributed by atoms with E-state index < -0.39 is 12.0 Å². The van der Waals surface area contributed by atoms with Gasteiger partial charge in [0.05, 0.1) is 0 Å². The van der Waals surface area contributed by atoms with Crippen LogP contribution in [0.15, 0.2) is 30.3 Å². The summed E-state index contributed by atoms with van der Waals surface area (Å²) >= 11 is 0. The number of aliphatic hydroxyl groups is 1. The molecule has 0 spiro atoms. The molecule has 1 aromatic rings. The maximum atomic E-state index is 10.4. The van der Waals surface area contributed by atoms with Crippen LogP contribution in [0.2, 0.25) is 0 Å². The van der Waals surface area contributed by atoms with Crippen molar-refractivity contribution >= 4 is 12.8 Å². The lowest BCUT2D eigenvalue weighted by molar-refractivity contribution is -0.138. The van der Waals surface area contributed by atoms with E-state index in [0.717, 1.165) is 12.7 Å². The van der Waals surface area contributed by atoms with E-state index in [2.05, 4.69) is 0 Å². The van der Waals surface area contributed by atoms with Crippen molar-refractivity contribution in [3.8, 4) is 0 Å². The summed E-state index contributed by atoms with van der Waals surface area (Å²) in [6.45, 7) is 10.0. The fraction of sp³-hybridized carbons (Fsp3) is 0.467. The van der Waals surface area contributed by atoms with Crippen LogP contribution >= 0.6 is 0 Å². The molecule has 0 radical (unpaired) electrons. The third kappa shape index (κ3) is 18.6. The first-order valence-electron chi connectivity index (χ1n) is 6.46. The summed E-state index contributed by atoms with van der Waals surface area (Å²) in [6.07, 6.45) is 0.385. The Morgan fingerprint density at radius 2 is 1.45 bits per heavy atom. The molecule has 1 unspecified atom stereocenters. The number of carboxylic acid groups (broad SMARTS) is 1. The number of hydrogen-bond donors (Lipinski definition) is 3. The summed E-state index contributed by atoms with van der Waals surface area (Å²) < 4.78 is 0. The normalized spacial score (nSPS) is 8.55. The zero-order valence-corrected chi connectivity index (χ0v) is 13.2. The van der Waals surface area contributed by atoms with Crippen molar-refractivity contribution in [1.29, 1.82) is 0 Å². The second kappa shape index (κ2) is 26.0. The summed E-state index contributed by atoms with van der Waals surface area (Å²) in [4.78, 5) is 18.4. The molecule has 0 aromatic heterocycles. The van der Waals surface area contributed by atoms with Crippen molar-refractivity contribution < 1.29 is 19.8 Å². The summed E-state index contributed by atoms with van der Waals surface area (Å²) in [5.74, 6) is -0.959. The number of aliphatic carboxylic acids is 1. The SMILES string of the molecule is C=O.CC.CC.CO.NC(Cc1ccccc1)C(=O)O. The molecule has 0 aliphatic heterocycles. The number of carbonyl (C=O) groups is 2. The van der Waals surface area contributed by atoms with Gasteiger partial charge in [-0.25, -0.2) is 0 Å². The van der Waals surface area contributed by atoms with Gasteiger partial charge in [0.2, 0.25) is 0 Å². The maximum absolute atomic E-state index is 10.4. The smallest absolute Gasteiger partial charge is 0.320 e. The zero-order chi connectivity index (χ0) is 17.0. The third-order valence-electron chi connectivity index (χ3n) is 1.62. The van der Waals surface area contributed by atoms with E-state index in [1.54, 1.807) is 0 Å². The van der Waals surface area contributed by atoms with E-state index in [-0.39, 0.29) is 0 Å². The zero-order valence-electron chi connectivity index (χ0n) is 13.2. The summed E-state index contributed by atoms with van der Waals surface area (Å²) in [6, 6.07) is 8.54. The van der Waals surface area contributed by atoms with Gasteiger partial charge < -0.3 is 20.7 Å². The molecular weight excluding hydrogens is 258 g/mol. The molecule has 20 heavy (non-hydrogen) atoms. The summed E-state index contributed by atoms with van der Waals surface area (Å²) in [7, 11) is 1.00. The van der Waals surface area contributed by atoms with Crippen molar-refractivity contribution in [2.75, 3.05) is 7.11 Å². The van der Waals surface area contributed by atoms with Crippen LogP contribution in [0.1, 0.15) is 33.3 Å². The number of hydrogen-bond acceptors (Lipinski definition) is 4. The van der Waals surface area contributed by atoms with E-state index >= 15 is 0 Å². The third-order valence-corrected chi connectivity index (χ3v) is 1.62. The van der Waals surface area contributed by atoms with Gasteiger partial charge in [-0.15, -0.1) is 0 Å². The molecule has 5 heteroatoms. The van der Waals surface area contributed by atoms with Gasteiger partial charge in [0, 0.05) is 7.11 Å². The van der Waals surface area contributed by atoms with Gasteiger partial charge in [-0.1, -0.05) is 58.0 Å². The van der Waals surface area contributed by atoms with E-state index in [4.69, 9.17) is 20.7 Å². The number of carboxylic acids is 1. The quantitative estimate of drug-likeness (QED) is 0.790. The molecule has 118 valence electrons. The highest BCUT2D eigenvalue weighted by atomic mass is 16.4. The van der Waals surface area contributed by atoms with Crippen molar-refractivity contribution in [2.24, 2.45) is 5.73 Å². The molecule has 5 nitrogen and oxygen atoms in total. The Kier molecular flexibility index (Phi) is 34.8. The average molecular weight is 287 g/mol. The van der Waals surface area contributed by atoms with Crippen molar-refractivity contribution in [1.82, 2.24) is 0 Å². The number of aliphatic hydroxyl groups excluding tert-OH is 1. The standard InChI is InChI=1S/C9H11NO2.2C2H6.CH4O.CH2O/c10-8(9(11)12)6-7-4-2-1-3-5-7;4*1-2/h1-5,8H,6,10H2,(H,11,12);2*1-2H3;2H,1H3;1H2. The van der Waals surface area contributed by atoms with Crippen LogP contribution in [0.4, 0.5) is 0 Å². The molecule has 0 heterocycles. The van der Waals surface area contributed by atoms with Gasteiger partial charge in [-0.05, 0) is 12.0 Å². The molecule has 1 atom stereocenters. The molecule has 1 rings (SSSR count). The van der Waals surface area contributed by atoms with Crippen LogP contribution in [0.5, 0.6) is 0 Å². The van der Waals surface area contributed by atoms with Crippen LogP contribution in [0, 0.1) is 0 Å². The lowest BCUT2D eigenvalue weighted by atomic mass is 10.1. The maximum Gasteiger partial charge on any atom is 0.320 e. The Balaban J connectivity index is -0.000000138. The predicted octanol–water partition coefficient (Wildman–Crippen LogP) is 2.12. The van der Waals surface area contributed by atoms with E-state index in [0.29, 0.717) is 6.42 Å². The van der Waals surface area contributed by atoms with E-state index in [9.17, 15) is 4.79 Å². The lowest BCUT2D eigenvalue weighted by Gasteiger charge is -2.04. The molecule has 0 aliphatic rings. The highest BCUT2D eigenvalue weighted by Gasteiger charge is 2.10. The van der Waals surface area contributed by atoms with Gasteiger partial charge in [0.1, 0.15) is 12.8 Å². The fourth-order valence-electron chi connectivity index (χ4n) is 0.955. The van der Waals surface area contributed by atoms with Crippen LogP contribution in [0.3, 0.4) is 0 Å². The van der Waals surface area contributed by atoms with E-state index in [1.165, 1.54) is 0 Å². The molecule has 0 saturated heterocycles. The Hall–Kier alpha value is -1.72. The Labute approximate surface area is 122 Å². The van der Waals surface area contributed by atoms with Crippen LogP contribution < -0.4 is 5.73 Å². The van der Waals surface area contributed by atoms with Gasteiger partial charge in [0.25, 0.3) is 0 Å². The number of nitrogens with two attached hydrogens (primary N) is 1. The van der Waals surface area contributed by atoms with Crippen LogP contribution in [-0.4, -0.2) is 36.1 Å². The lowest BCUT2D eigenvalue weighted by Crippen LogP contribution is -2.32. The van der Waals surface area contributed by atoms with Gasteiger partial charge in [-0.3, -0.25) is 4.79 Å². The van der Waals surface area contributed by atoms with E-state index in [1.807, 2.05) is 64.8 Å². The highest BCUT2D eigenvalue weighted by molar-refractivity contribution is 5.73. The molecular formula is C15H29NO4. The largest absolute Gasteiger partial charge is 0.480 e. The monoisotopic (exact) mass is 287 g/mol. The minimum Gasteiger partial charge on any atom is -0.480 e. The first kappa shape index (κ1) is 26.8. The molecule has 0 amide bonds. The molecule has 1 aromatic carbocycles. The second-order valence-electron chi connectivity index (χ2n) is 2.63. The minimum absolute atomic E-state index is 0.385. The molecule has 0 saturated carbocycles. The summed E-state index contributed by atoms with van der Waals surface area (Å²) in [5, 5.41) is 15.5. The molecule has 0 aliphatic carbocycles. The topological polar surface area (TPSA) is 101 Å². The Morgan fingerprint density at radius 3 is 1.75 bits per heavy atom. The Morgan fingerprint density at radius 1 is 1.10 bits per heavy atom. The predicted molar refractivity (Wildman–Crippen MR) is 83.7 cm³/mol. The Bertz CT molecular complexity index is 278. The fourth-order valence-corrected chi connectivity index (χ4v) is 0.955.